The van der Waals surface area contributed by atoms with E-state index >= 15 is 0 Å². The topological polar surface area (TPSA) is 60.8 Å². The average Bonchev–Trinajstić information content (AvgIpc) is 2.92. The first-order chi connectivity index (χ1) is 9.72. The fourth-order valence-electron chi connectivity index (χ4n) is 1.88. The van der Waals surface area contributed by atoms with Crippen molar-refractivity contribution in [2.45, 2.75) is 13.0 Å². The predicted molar refractivity (Wildman–Crippen MR) is 74.8 cm³/mol. The Kier molecular flexibility index (Phi) is 7.60. The van der Waals surface area contributed by atoms with Crippen LogP contribution in [0.4, 0.5) is 0 Å². The van der Waals surface area contributed by atoms with E-state index in [1.165, 1.54) is 0 Å². The Morgan fingerprint density at radius 2 is 1.95 bits per heavy atom. The first kappa shape index (κ1) is 16.4. The standard InChI is InChI=1S/C14H22N2O4/c1-19-10-8-16(9-11-20-2)14(18)5-7-15-6-3-4-13(15)12-17/h3-4,6,12H,5,7-11H2,1-2H3. The van der Waals surface area contributed by atoms with Gasteiger partial charge in [0.05, 0.1) is 18.9 Å². The molecule has 6 heteroatoms. The fourth-order valence-corrected chi connectivity index (χ4v) is 1.88. The lowest BCUT2D eigenvalue weighted by atomic mass is 10.3. The summed E-state index contributed by atoms with van der Waals surface area (Å²) >= 11 is 0. The van der Waals surface area contributed by atoms with Gasteiger partial charge in [0, 0.05) is 46.5 Å². The molecule has 112 valence electrons. The van der Waals surface area contributed by atoms with Crippen molar-refractivity contribution in [1.29, 1.82) is 0 Å². The molecule has 0 radical (unpaired) electrons. The molecule has 0 atom stereocenters. The molecular weight excluding hydrogens is 260 g/mol. The van der Waals surface area contributed by atoms with Crippen LogP contribution < -0.4 is 0 Å². The van der Waals surface area contributed by atoms with E-state index in [2.05, 4.69) is 0 Å². The van der Waals surface area contributed by atoms with E-state index in [0.717, 1.165) is 6.29 Å². The van der Waals surface area contributed by atoms with Gasteiger partial charge in [0.25, 0.3) is 0 Å². The normalized spacial score (nSPS) is 10.5. The highest BCUT2D eigenvalue weighted by Gasteiger charge is 2.13. The largest absolute Gasteiger partial charge is 0.383 e. The lowest BCUT2D eigenvalue weighted by Crippen LogP contribution is -2.36. The molecule has 1 aromatic rings. The highest BCUT2D eigenvalue weighted by Crippen LogP contribution is 2.03. The summed E-state index contributed by atoms with van der Waals surface area (Å²) in [7, 11) is 3.21. The first-order valence-electron chi connectivity index (χ1n) is 6.59. The lowest BCUT2D eigenvalue weighted by Gasteiger charge is -2.22. The summed E-state index contributed by atoms with van der Waals surface area (Å²) in [5, 5.41) is 0. The molecule has 0 spiro atoms. The van der Waals surface area contributed by atoms with E-state index in [0.29, 0.717) is 45.0 Å². The van der Waals surface area contributed by atoms with Gasteiger partial charge in [0.2, 0.25) is 5.91 Å². The number of aldehydes is 1. The van der Waals surface area contributed by atoms with E-state index in [-0.39, 0.29) is 5.91 Å². The van der Waals surface area contributed by atoms with Gasteiger partial charge >= 0.3 is 0 Å². The van der Waals surface area contributed by atoms with Crippen LogP contribution >= 0.6 is 0 Å². The predicted octanol–water partition coefficient (Wildman–Crippen LogP) is 0.812. The Balaban J connectivity index is 2.49. The highest BCUT2D eigenvalue weighted by molar-refractivity contribution is 5.76. The van der Waals surface area contributed by atoms with Gasteiger partial charge in [0.15, 0.2) is 6.29 Å². The van der Waals surface area contributed by atoms with Gasteiger partial charge in [-0.1, -0.05) is 0 Å². The smallest absolute Gasteiger partial charge is 0.224 e. The van der Waals surface area contributed by atoms with Crippen molar-refractivity contribution in [2.75, 3.05) is 40.5 Å². The number of hydrogen-bond acceptors (Lipinski definition) is 4. The molecule has 20 heavy (non-hydrogen) atoms. The molecule has 1 rings (SSSR count). The molecule has 1 heterocycles. The quantitative estimate of drug-likeness (QED) is 0.596. The average molecular weight is 282 g/mol. The number of amides is 1. The Bertz CT molecular complexity index is 409. The summed E-state index contributed by atoms with van der Waals surface area (Å²) in [4.78, 5) is 24.7. The molecule has 0 saturated carbocycles. The minimum Gasteiger partial charge on any atom is -0.383 e. The van der Waals surface area contributed by atoms with Crippen LogP contribution in [0.3, 0.4) is 0 Å². The molecule has 1 amide bonds. The van der Waals surface area contributed by atoms with Crippen molar-refractivity contribution >= 4 is 12.2 Å². The van der Waals surface area contributed by atoms with E-state index < -0.39 is 0 Å². The van der Waals surface area contributed by atoms with E-state index in [1.807, 2.05) is 0 Å². The Labute approximate surface area is 119 Å². The zero-order chi connectivity index (χ0) is 14.8. The van der Waals surface area contributed by atoms with Gasteiger partial charge < -0.3 is 18.9 Å². The van der Waals surface area contributed by atoms with Gasteiger partial charge in [-0.2, -0.15) is 0 Å². The zero-order valence-corrected chi connectivity index (χ0v) is 12.1. The van der Waals surface area contributed by atoms with Gasteiger partial charge in [-0.05, 0) is 12.1 Å². The van der Waals surface area contributed by atoms with E-state index in [9.17, 15) is 9.59 Å². The number of carbonyl (C=O) groups is 2. The lowest BCUT2D eigenvalue weighted by molar-refractivity contribution is -0.132. The number of nitrogens with zero attached hydrogens (tertiary/aromatic N) is 2. The Morgan fingerprint density at radius 3 is 2.50 bits per heavy atom. The van der Waals surface area contributed by atoms with Crippen LogP contribution in [0.1, 0.15) is 16.9 Å². The highest BCUT2D eigenvalue weighted by atomic mass is 16.5. The molecule has 0 saturated heterocycles. The molecule has 0 aliphatic heterocycles. The number of rotatable bonds is 10. The van der Waals surface area contributed by atoms with Crippen molar-refractivity contribution in [3.63, 3.8) is 0 Å². The molecule has 0 aromatic carbocycles. The molecule has 0 N–H and O–H groups in total. The molecule has 0 aliphatic carbocycles. The first-order valence-corrected chi connectivity index (χ1v) is 6.59. The number of aryl methyl sites for hydroxylation is 1. The van der Waals surface area contributed by atoms with Crippen LogP contribution in [-0.4, -0.2) is 62.2 Å². The monoisotopic (exact) mass is 282 g/mol. The number of carbonyl (C=O) groups excluding carboxylic acids is 2. The van der Waals surface area contributed by atoms with Gasteiger partial charge in [-0.25, -0.2) is 0 Å². The minimum atomic E-state index is 0.0321. The molecule has 0 bridgehead atoms. The summed E-state index contributed by atoms with van der Waals surface area (Å²) in [6, 6.07) is 3.52. The molecule has 0 unspecified atom stereocenters. The number of aromatic nitrogens is 1. The maximum atomic E-state index is 12.2. The van der Waals surface area contributed by atoms with Gasteiger partial charge in [0.1, 0.15) is 0 Å². The minimum absolute atomic E-state index is 0.0321. The van der Waals surface area contributed by atoms with Crippen LogP contribution in [0, 0.1) is 0 Å². The second-order valence-corrected chi connectivity index (χ2v) is 4.36. The summed E-state index contributed by atoms with van der Waals surface area (Å²) in [6.45, 7) is 2.59. The van der Waals surface area contributed by atoms with Crippen molar-refractivity contribution in [3.8, 4) is 0 Å². The summed E-state index contributed by atoms with van der Waals surface area (Å²) in [5.41, 5.74) is 0.582. The molecule has 1 aromatic heterocycles. The Hall–Kier alpha value is -1.66. The molecule has 0 aliphatic rings. The molecular formula is C14H22N2O4. The molecule has 6 nitrogen and oxygen atoms in total. The van der Waals surface area contributed by atoms with Crippen LogP contribution in [-0.2, 0) is 20.8 Å². The number of ether oxygens (including phenoxy) is 2. The second kappa shape index (κ2) is 9.28. The summed E-state index contributed by atoms with van der Waals surface area (Å²) in [5.74, 6) is 0.0321. The van der Waals surface area contributed by atoms with Gasteiger partial charge in [-0.3, -0.25) is 9.59 Å². The van der Waals surface area contributed by atoms with Crippen molar-refractivity contribution < 1.29 is 19.1 Å². The van der Waals surface area contributed by atoms with Crippen LogP contribution in [0.25, 0.3) is 0 Å². The SMILES string of the molecule is COCCN(CCOC)C(=O)CCn1cccc1C=O. The third-order valence-corrected chi connectivity index (χ3v) is 3.04. The van der Waals surface area contributed by atoms with Crippen molar-refractivity contribution in [3.05, 3.63) is 24.0 Å². The fraction of sp³-hybridized carbons (Fsp3) is 0.571. The maximum Gasteiger partial charge on any atom is 0.224 e. The molecule has 0 fully saturated rings. The second-order valence-electron chi connectivity index (χ2n) is 4.36. The van der Waals surface area contributed by atoms with Gasteiger partial charge in [-0.15, -0.1) is 0 Å². The van der Waals surface area contributed by atoms with E-state index in [4.69, 9.17) is 9.47 Å². The van der Waals surface area contributed by atoms with Crippen molar-refractivity contribution in [1.82, 2.24) is 9.47 Å². The number of methoxy groups -OCH3 is 2. The van der Waals surface area contributed by atoms with Crippen LogP contribution in [0.5, 0.6) is 0 Å². The third kappa shape index (κ3) is 5.14. The van der Waals surface area contributed by atoms with Crippen LogP contribution in [0.2, 0.25) is 0 Å². The maximum absolute atomic E-state index is 12.2. The zero-order valence-electron chi connectivity index (χ0n) is 12.1. The van der Waals surface area contributed by atoms with Crippen molar-refractivity contribution in [2.24, 2.45) is 0 Å². The van der Waals surface area contributed by atoms with E-state index in [1.54, 1.807) is 42.0 Å². The summed E-state index contributed by atoms with van der Waals surface area (Å²) < 4.78 is 11.8. The number of hydrogen-bond donors (Lipinski definition) is 0. The summed E-state index contributed by atoms with van der Waals surface area (Å²) in [6.07, 6.45) is 2.94. The third-order valence-electron chi connectivity index (χ3n) is 3.04. The Morgan fingerprint density at radius 1 is 1.30 bits per heavy atom. The van der Waals surface area contributed by atoms with Crippen LogP contribution in [0.15, 0.2) is 18.3 Å².